The smallest absolute Gasteiger partial charge is 0.240 e. The molecule has 2 rings (SSSR count). The minimum Gasteiger partial charge on any atom is -0.398 e. The summed E-state index contributed by atoms with van der Waals surface area (Å²) in [6.07, 6.45) is 0. The number of primary sulfonamides is 1. The fraction of sp³-hybridized carbons (Fsp3) is 0. The lowest BCUT2D eigenvalue weighted by Crippen LogP contribution is -2.14. The lowest BCUT2D eigenvalue weighted by atomic mass is 10.2. The van der Waals surface area contributed by atoms with Crippen LogP contribution in [0.4, 0.5) is 17.1 Å². The van der Waals surface area contributed by atoms with Crippen molar-refractivity contribution >= 4 is 38.7 Å². The number of hydrogen-bond acceptors (Lipinski definition) is 4. The summed E-state index contributed by atoms with van der Waals surface area (Å²) >= 11 is 6.01. The number of sulfonamides is 1. The zero-order valence-corrected chi connectivity index (χ0v) is 11.4. The third-order valence-corrected chi connectivity index (χ3v) is 3.78. The number of hydrogen-bond donors (Lipinski definition) is 3. The number of para-hydroxylation sites is 1. The first kappa shape index (κ1) is 13.7. The van der Waals surface area contributed by atoms with Crippen molar-refractivity contribution in [1.82, 2.24) is 0 Å². The average molecular weight is 298 g/mol. The monoisotopic (exact) mass is 297 g/mol. The van der Waals surface area contributed by atoms with Crippen molar-refractivity contribution in [1.29, 1.82) is 0 Å². The lowest BCUT2D eigenvalue weighted by molar-refractivity contribution is 0.598. The van der Waals surface area contributed by atoms with E-state index in [1.54, 1.807) is 18.2 Å². The molecule has 2 aromatic carbocycles. The van der Waals surface area contributed by atoms with Gasteiger partial charge in [-0.1, -0.05) is 23.7 Å². The van der Waals surface area contributed by atoms with E-state index in [1.807, 2.05) is 12.1 Å². The Kier molecular flexibility index (Phi) is 3.66. The average Bonchev–Trinajstić information content (AvgIpc) is 2.30. The second-order valence-corrected chi connectivity index (χ2v) is 5.84. The Morgan fingerprint density at radius 1 is 1.11 bits per heavy atom. The molecule has 0 aliphatic carbocycles. The van der Waals surface area contributed by atoms with Gasteiger partial charge in [0.05, 0.1) is 16.4 Å². The quantitative estimate of drug-likeness (QED) is 0.757. The maximum atomic E-state index is 11.2. The molecule has 0 aromatic heterocycles. The van der Waals surface area contributed by atoms with E-state index < -0.39 is 10.0 Å². The predicted molar refractivity (Wildman–Crippen MR) is 77.0 cm³/mol. The van der Waals surface area contributed by atoms with Crippen LogP contribution in [0.1, 0.15) is 0 Å². The van der Waals surface area contributed by atoms with Gasteiger partial charge in [-0.3, -0.25) is 0 Å². The van der Waals surface area contributed by atoms with Crippen molar-refractivity contribution in [2.24, 2.45) is 5.14 Å². The van der Waals surface area contributed by atoms with Crippen LogP contribution in [0.5, 0.6) is 0 Å². The second-order valence-electron chi connectivity index (χ2n) is 3.90. The molecule has 5 nitrogen and oxygen atoms in total. The summed E-state index contributed by atoms with van der Waals surface area (Å²) in [5.41, 5.74) is 7.07. The van der Waals surface area contributed by atoms with Gasteiger partial charge in [0.25, 0.3) is 0 Å². The van der Waals surface area contributed by atoms with E-state index in [2.05, 4.69) is 5.32 Å². The third-order valence-electron chi connectivity index (χ3n) is 2.47. The molecule has 0 radical (unpaired) electrons. The van der Waals surface area contributed by atoms with Crippen molar-refractivity contribution in [2.45, 2.75) is 4.90 Å². The number of benzene rings is 2. The summed E-state index contributed by atoms with van der Waals surface area (Å²) < 4.78 is 22.5. The summed E-state index contributed by atoms with van der Waals surface area (Å²) in [5, 5.41) is 8.63. The molecule has 0 spiro atoms. The second kappa shape index (κ2) is 5.08. The van der Waals surface area contributed by atoms with E-state index in [-0.39, 0.29) is 10.6 Å². The van der Waals surface area contributed by atoms with Gasteiger partial charge in [0.1, 0.15) is 4.90 Å². The minimum atomic E-state index is -3.81. The normalized spacial score (nSPS) is 11.3. The highest BCUT2D eigenvalue weighted by Crippen LogP contribution is 2.27. The number of nitrogens with two attached hydrogens (primary N) is 2. The van der Waals surface area contributed by atoms with Gasteiger partial charge in [-0.2, -0.15) is 0 Å². The van der Waals surface area contributed by atoms with Crippen LogP contribution in [0.15, 0.2) is 47.4 Å². The van der Waals surface area contributed by atoms with Crippen LogP contribution in [0.2, 0.25) is 5.02 Å². The Balaban J connectivity index is 2.34. The van der Waals surface area contributed by atoms with Gasteiger partial charge in [0.15, 0.2) is 0 Å². The fourth-order valence-corrected chi connectivity index (χ4v) is 2.43. The molecule has 2 aromatic rings. The van der Waals surface area contributed by atoms with E-state index in [1.165, 1.54) is 12.1 Å². The zero-order chi connectivity index (χ0) is 14.0. The third kappa shape index (κ3) is 3.17. The zero-order valence-electron chi connectivity index (χ0n) is 9.80. The molecule has 0 fully saturated rings. The number of anilines is 3. The SMILES string of the molecule is Nc1cc(Nc2ccccc2Cl)ccc1S(N)(=O)=O. The first-order valence-electron chi connectivity index (χ1n) is 5.32. The molecule has 0 bridgehead atoms. The van der Waals surface area contributed by atoms with Crippen LogP contribution in [-0.2, 0) is 10.0 Å². The van der Waals surface area contributed by atoms with Crippen molar-refractivity contribution in [2.75, 3.05) is 11.1 Å². The maximum absolute atomic E-state index is 11.2. The Morgan fingerprint density at radius 2 is 1.79 bits per heavy atom. The number of nitrogens with one attached hydrogen (secondary N) is 1. The van der Waals surface area contributed by atoms with Gasteiger partial charge < -0.3 is 11.1 Å². The molecule has 0 saturated carbocycles. The Morgan fingerprint density at radius 3 is 2.37 bits per heavy atom. The molecule has 7 heteroatoms. The van der Waals surface area contributed by atoms with E-state index in [9.17, 15) is 8.42 Å². The van der Waals surface area contributed by atoms with Gasteiger partial charge in [0.2, 0.25) is 10.0 Å². The summed E-state index contributed by atoms with van der Waals surface area (Å²) in [5.74, 6) is 0. The van der Waals surface area contributed by atoms with Crippen molar-refractivity contribution in [3.63, 3.8) is 0 Å². The van der Waals surface area contributed by atoms with Gasteiger partial charge in [-0.15, -0.1) is 0 Å². The van der Waals surface area contributed by atoms with E-state index in [4.69, 9.17) is 22.5 Å². The molecular weight excluding hydrogens is 286 g/mol. The first-order valence-corrected chi connectivity index (χ1v) is 7.24. The Hall–Kier alpha value is -1.76. The summed E-state index contributed by atoms with van der Waals surface area (Å²) in [6.45, 7) is 0. The molecule has 0 unspecified atom stereocenters. The van der Waals surface area contributed by atoms with Crippen molar-refractivity contribution in [3.8, 4) is 0 Å². The molecule has 0 amide bonds. The van der Waals surface area contributed by atoms with Gasteiger partial charge >= 0.3 is 0 Å². The van der Waals surface area contributed by atoms with Crippen LogP contribution >= 0.6 is 11.6 Å². The molecule has 0 saturated heterocycles. The van der Waals surface area contributed by atoms with Gasteiger partial charge in [-0.05, 0) is 30.3 Å². The van der Waals surface area contributed by atoms with Crippen LogP contribution in [0.3, 0.4) is 0 Å². The molecular formula is C12H12ClN3O2S. The van der Waals surface area contributed by atoms with Gasteiger partial charge in [-0.25, -0.2) is 13.6 Å². The summed E-state index contributed by atoms with van der Waals surface area (Å²) in [7, 11) is -3.81. The van der Waals surface area contributed by atoms with Crippen molar-refractivity contribution < 1.29 is 8.42 Å². The number of halogens is 1. The molecule has 0 aliphatic rings. The number of nitrogen functional groups attached to an aromatic ring is 1. The summed E-state index contributed by atoms with van der Waals surface area (Å²) in [6, 6.07) is 11.6. The van der Waals surface area contributed by atoms with Crippen LogP contribution in [-0.4, -0.2) is 8.42 Å². The van der Waals surface area contributed by atoms with E-state index in [0.29, 0.717) is 16.4 Å². The maximum Gasteiger partial charge on any atom is 0.240 e. The lowest BCUT2D eigenvalue weighted by Gasteiger charge is -2.10. The highest BCUT2D eigenvalue weighted by molar-refractivity contribution is 7.89. The van der Waals surface area contributed by atoms with Crippen molar-refractivity contribution in [3.05, 3.63) is 47.5 Å². The highest BCUT2D eigenvalue weighted by Gasteiger charge is 2.12. The first-order chi connectivity index (χ1) is 8.88. The van der Waals surface area contributed by atoms with Crippen LogP contribution < -0.4 is 16.2 Å². The highest BCUT2D eigenvalue weighted by atomic mass is 35.5. The fourth-order valence-electron chi connectivity index (χ4n) is 1.60. The molecule has 0 aliphatic heterocycles. The molecule has 19 heavy (non-hydrogen) atoms. The van der Waals surface area contributed by atoms with Crippen LogP contribution in [0, 0.1) is 0 Å². The van der Waals surface area contributed by atoms with E-state index in [0.717, 1.165) is 0 Å². The topological polar surface area (TPSA) is 98.2 Å². The predicted octanol–water partition coefficient (Wildman–Crippen LogP) is 2.31. The molecule has 100 valence electrons. The Bertz CT molecular complexity index is 717. The van der Waals surface area contributed by atoms with E-state index >= 15 is 0 Å². The van der Waals surface area contributed by atoms with Crippen LogP contribution in [0.25, 0.3) is 0 Å². The molecule has 0 atom stereocenters. The number of rotatable bonds is 3. The summed E-state index contributed by atoms with van der Waals surface area (Å²) in [4.78, 5) is -0.0998. The Labute approximate surface area is 116 Å². The standard InChI is InChI=1S/C12H12ClN3O2S/c13-9-3-1-2-4-11(9)16-8-5-6-12(10(14)7-8)19(15,17)18/h1-7,16H,14H2,(H2,15,17,18). The molecule has 5 N–H and O–H groups in total. The molecule has 0 heterocycles. The van der Waals surface area contributed by atoms with Gasteiger partial charge in [0, 0.05) is 5.69 Å². The largest absolute Gasteiger partial charge is 0.398 e. The minimum absolute atomic E-state index is 0.0829.